The molecule has 0 amide bonds. The molecule has 7 rings (SSSR count). The van der Waals surface area contributed by atoms with Crippen molar-refractivity contribution in [1.29, 1.82) is 0 Å². The molecule has 10 heteroatoms. The number of likely N-dealkylation sites (N-methyl/N-ethyl adjacent to an activating group) is 1. The molecule has 0 spiro atoms. The van der Waals surface area contributed by atoms with Crippen LogP contribution in [0.25, 0.3) is 11.2 Å². The maximum atomic E-state index is 6.46. The molecular weight excluding hydrogens is 362 g/mol. The van der Waals surface area contributed by atoms with Crippen LogP contribution < -0.4 is 11.1 Å². The molecule has 4 bridgehead atoms. The second kappa shape index (κ2) is 5.83. The number of anilines is 1. The van der Waals surface area contributed by atoms with E-state index in [1.807, 2.05) is 11.5 Å². The Labute approximate surface area is 162 Å². The molecule has 10 nitrogen and oxygen atoms in total. The SMILES string of the molecule is CN1CC2OC(n3cnc4c(N)ncnc43)C3OC(C)(NCC4CC1C4)OC23. The van der Waals surface area contributed by atoms with E-state index < -0.39 is 5.91 Å². The summed E-state index contributed by atoms with van der Waals surface area (Å²) in [5.41, 5.74) is 7.17. The van der Waals surface area contributed by atoms with Gasteiger partial charge in [0.1, 0.15) is 30.2 Å². The number of aromatic nitrogens is 4. The van der Waals surface area contributed by atoms with Crippen LogP contribution in [0.1, 0.15) is 26.0 Å². The van der Waals surface area contributed by atoms with Gasteiger partial charge in [-0.05, 0) is 25.8 Å². The van der Waals surface area contributed by atoms with E-state index in [1.165, 1.54) is 19.2 Å². The molecule has 6 heterocycles. The molecule has 4 saturated heterocycles. The van der Waals surface area contributed by atoms with E-state index in [0.29, 0.717) is 28.9 Å². The predicted octanol–water partition coefficient (Wildman–Crippen LogP) is 0.0772. The van der Waals surface area contributed by atoms with Crippen molar-refractivity contribution in [3.63, 3.8) is 0 Å². The zero-order chi connectivity index (χ0) is 19.0. The molecule has 1 aliphatic carbocycles. The number of nitrogens with one attached hydrogen (secondary N) is 1. The molecule has 2 aromatic rings. The third-order valence-electron chi connectivity index (χ3n) is 6.68. The Kier molecular flexibility index (Phi) is 3.55. The van der Waals surface area contributed by atoms with Crippen molar-refractivity contribution in [2.75, 3.05) is 25.9 Å². The monoisotopic (exact) mass is 387 g/mol. The lowest BCUT2D eigenvalue weighted by Crippen LogP contribution is -2.51. The third-order valence-corrected chi connectivity index (χ3v) is 6.68. The maximum absolute atomic E-state index is 6.46. The average Bonchev–Trinajstić information content (AvgIpc) is 3.26. The molecule has 5 atom stereocenters. The number of nitrogen functional groups attached to an aromatic ring is 1. The quantitative estimate of drug-likeness (QED) is 0.702. The Morgan fingerprint density at radius 2 is 2.04 bits per heavy atom. The van der Waals surface area contributed by atoms with Gasteiger partial charge in [-0.3, -0.25) is 9.88 Å². The van der Waals surface area contributed by atoms with Gasteiger partial charge >= 0.3 is 0 Å². The van der Waals surface area contributed by atoms with Gasteiger partial charge in [0.15, 0.2) is 17.7 Å². The summed E-state index contributed by atoms with van der Waals surface area (Å²) in [4.78, 5) is 15.2. The average molecular weight is 387 g/mol. The summed E-state index contributed by atoms with van der Waals surface area (Å²) >= 11 is 0. The Bertz CT molecular complexity index is 916. The van der Waals surface area contributed by atoms with E-state index in [-0.39, 0.29) is 24.5 Å². The summed E-state index contributed by atoms with van der Waals surface area (Å²) in [6, 6.07) is 0.611. The zero-order valence-corrected chi connectivity index (χ0v) is 16.0. The zero-order valence-electron chi connectivity index (χ0n) is 16.0. The highest BCUT2D eigenvalue weighted by atomic mass is 16.8. The van der Waals surface area contributed by atoms with Crippen LogP contribution in [0, 0.1) is 5.92 Å². The van der Waals surface area contributed by atoms with E-state index in [2.05, 4.69) is 32.2 Å². The van der Waals surface area contributed by atoms with E-state index >= 15 is 0 Å². The van der Waals surface area contributed by atoms with Crippen molar-refractivity contribution in [3.05, 3.63) is 12.7 Å². The first-order valence-electron chi connectivity index (χ1n) is 9.90. The lowest BCUT2D eigenvalue weighted by atomic mass is 9.79. The normalized spacial score (nSPS) is 43.1. The fourth-order valence-electron chi connectivity index (χ4n) is 5.02. The fraction of sp³-hybridized carbons (Fsp3) is 0.722. The van der Waals surface area contributed by atoms with Crippen LogP contribution >= 0.6 is 0 Å². The number of rotatable bonds is 1. The number of ether oxygens (including phenoxy) is 3. The Morgan fingerprint density at radius 3 is 2.89 bits per heavy atom. The van der Waals surface area contributed by atoms with Gasteiger partial charge in [0.2, 0.25) is 5.91 Å². The van der Waals surface area contributed by atoms with Crippen molar-refractivity contribution >= 4 is 17.0 Å². The third kappa shape index (κ3) is 2.42. The molecule has 4 aliphatic heterocycles. The first-order chi connectivity index (χ1) is 13.5. The van der Waals surface area contributed by atoms with Crippen molar-refractivity contribution in [2.45, 2.75) is 56.3 Å². The lowest BCUT2D eigenvalue weighted by Gasteiger charge is -2.42. The minimum absolute atomic E-state index is 0.0996. The second-order valence-electron chi connectivity index (χ2n) is 8.57. The number of imidazole rings is 1. The number of nitrogens with zero attached hydrogens (tertiary/aromatic N) is 5. The van der Waals surface area contributed by atoms with Crippen LogP contribution in [-0.4, -0.2) is 74.8 Å². The molecule has 5 aliphatic rings. The number of nitrogens with two attached hydrogens (primary N) is 1. The minimum atomic E-state index is -0.811. The van der Waals surface area contributed by atoms with Crippen molar-refractivity contribution < 1.29 is 14.2 Å². The summed E-state index contributed by atoms with van der Waals surface area (Å²) in [7, 11) is 2.17. The highest BCUT2D eigenvalue weighted by molar-refractivity contribution is 5.81. The van der Waals surface area contributed by atoms with Gasteiger partial charge in [-0.25, -0.2) is 15.0 Å². The molecule has 0 radical (unpaired) electrons. The molecule has 0 aromatic carbocycles. The van der Waals surface area contributed by atoms with Gasteiger partial charge in [0, 0.05) is 26.1 Å². The Hall–Kier alpha value is -1.85. The van der Waals surface area contributed by atoms with Gasteiger partial charge in [-0.1, -0.05) is 0 Å². The van der Waals surface area contributed by atoms with Crippen LogP contribution in [0.15, 0.2) is 12.7 Å². The van der Waals surface area contributed by atoms with Crippen molar-refractivity contribution in [3.8, 4) is 0 Å². The highest BCUT2D eigenvalue weighted by Gasteiger charge is 2.58. The molecule has 5 fully saturated rings. The summed E-state index contributed by atoms with van der Waals surface area (Å²) in [5.74, 6) is 0.212. The van der Waals surface area contributed by atoms with Crippen LogP contribution in [-0.2, 0) is 14.2 Å². The lowest BCUT2D eigenvalue weighted by molar-refractivity contribution is -0.224. The maximum Gasteiger partial charge on any atom is 0.225 e. The Balaban J connectivity index is 1.38. The first kappa shape index (κ1) is 17.0. The van der Waals surface area contributed by atoms with Gasteiger partial charge < -0.3 is 24.8 Å². The van der Waals surface area contributed by atoms with E-state index in [1.54, 1.807) is 6.33 Å². The molecule has 5 unspecified atom stereocenters. The van der Waals surface area contributed by atoms with Gasteiger partial charge in [-0.2, -0.15) is 0 Å². The van der Waals surface area contributed by atoms with E-state index in [4.69, 9.17) is 19.9 Å². The predicted molar refractivity (Wildman–Crippen MR) is 98.9 cm³/mol. The van der Waals surface area contributed by atoms with Gasteiger partial charge in [0.05, 0.1) is 6.33 Å². The van der Waals surface area contributed by atoms with Crippen molar-refractivity contribution in [1.82, 2.24) is 29.7 Å². The highest BCUT2D eigenvalue weighted by Crippen LogP contribution is 2.45. The number of hydrogen-bond acceptors (Lipinski definition) is 9. The molecular formula is C18H25N7O3. The fourth-order valence-corrected chi connectivity index (χ4v) is 5.02. The number of fused-ring (bicyclic) bond motifs is 3. The van der Waals surface area contributed by atoms with Crippen LogP contribution in [0.2, 0.25) is 0 Å². The minimum Gasteiger partial charge on any atom is -0.382 e. The van der Waals surface area contributed by atoms with Crippen molar-refractivity contribution in [2.24, 2.45) is 5.92 Å². The first-order valence-corrected chi connectivity index (χ1v) is 9.90. The number of hydrogen-bond donors (Lipinski definition) is 2. The molecule has 1 saturated carbocycles. The Morgan fingerprint density at radius 1 is 1.21 bits per heavy atom. The van der Waals surface area contributed by atoms with Gasteiger partial charge in [0.25, 0.3) is 0 Å². The summed E-state index contributed by atoms with van der Waals surface area (Å²) in [6.07, 6.45) is 4.63. The summed E-state index contributed by atoms with van der Waals surface area (Å²) < 4.78 is 21.1. The molecule has 3 N–H and O–H groups in total. The summed E-state index contributed by atoms with van der Waals surface area (Å²) in [5, 5.41) is 3.50. The van der Waals surface area contributed by atoms with Crippen LogP contribution in [0.4, 0.5) is 5.82 Å². The molecule has 28 heavy (non-hydrogen) atoms. The molecule has 2 aromatic heterocycles. The second-order valence-corrected chi connectivity index (χ2v) is 8.57. The van der Waals surface area contributed by atoms with E-state index in [0.717, 1.165) is 13.1 Å². The van der Waals surface area contributed by atoms with Crippen LogP contribution in [0.3, 0.4) is 0 Å². The smallest absolute Gasteiger partial charge is 0.225 e. The summed E-state index contributed by atoms with van der Waals surface area (Å²) in [6.45, 7) is 3.66. The van der Waals surface area contributed by atoms with Crippen LogP contribution in [0.5, 0.6) is 0 Å². The largest absolute Gasteiger partial charge is 0.382 e. The van der Waals surface area contributed by atoms with Gasteiger partial charge in [-0.15, -0.1) is 0 Å². The standard InChI is InChI=1S/C18H25N7O3/c1-18-23-5-9-3-10(4-9)24(2)6-11-13(27-18)14(28-18)17(26-11)25-8-22-12-15(19)20-7-21-16(12)25/h7-11,13-14,17,23H,3-6H2,1-2H3,(H2,19,20,21). The van der Waals surface area contributed by atoms with E-state index in [9.17, 15) is 0 Å². The molecule has 150 valence electrons. The topological polar surface area (TPSA) is 113 Å².